The van der Waals surface area contributed by atoms with Crippen LogP contribution < -0.4 is 5.32 Å². The van der Waals surface area contributed by atoms with Crippen LogP contribution in [0.15, 0.2) is 24.3 Å². The Kier molecular flexibility index (Phi) is 6.15. The number of halogens is 2. The second kappa shape index (κ2) is 7.16. The fraction of sp³-hybridized carbons (Fsp3) is 0.533. The van der Waals surface area contributed by atoms with Gasteiger partial charge in [-0.05, 0) is 29.5 Å². The maximum Gasteiger partial charge on any atom is 0.224 e. The van der Waals surface area contributed by atoms with E-state index >= 15 is 0 Å². The number of benzene rings is 1. The molecule has 0 fully saturated rings. The smallest absolute Gasteiger partial charge is 0.224 e. The number of nitrogens with one attached hydrogen (secondary N) is 1. The zero-order chi connectivity index (χ0) is 14.5. The largest absolute Gasteiger partial charge is 0.353 e. The van der Waals surface area contributed by atoms with E-state index in [1.165, 1.54) is 0 Å². The molecule has 0 aliphatic rings. The zero-order valence-electron chi connectivity index (χ0n) is 11.7. The molecule has 106 valence electrons. The molecule has 0 heterocycles. The fourth-order valence-corrected chi connectivity index (χ4v) is 2.34. The van der Waals surface area contributed by atoms with Gasteiger partial charge in [-0.3, -0.25) is 4.79 Å². The number of hydrogen-bond donors (Lipinski definition) is 1. The summed E-state index contributed by atoms with van der Waals surface area (Å²) < 4.78 is 0. The molecule has 19 heavy (non-hydrogen) atoms. The molecule has 1 N–H and O–H groups in total. The van der Waals surface area contributed by atoms with Gasteiger partial charge in [0.1, 0.15) is 0 Å². The van der Waals surface area contributed by atoms with Gasteiger partial charge < -0.3 is 5.32 Å². The van der Waals surface area contributed by atoms with Crippen molar-refractivity contribution >= 4 is 29.1 Å². The minimum absolute atomic E-state index is 0.00111. The molecule has 4 heteroatoms. The summed E-state index contributed by atoms with van der Waals surface area (Å²) in [4.78, 5) is 12.1. The molecule has 0 spiro atoms. The average molecular weight is 302 g/mol. The van der Waals surface area contributed by atoms with Crippen molar-refractivity contribution in [3.63, 3.8) is 0 Å². The Balaban J connectivity index is 2.63. The summed E-state index contributed by atoms with van der Waals surface area (Å²) in [6.07, 6.45) is 1.11. The van der Waals surface area contributed by atoms with Crippen molar-refractivity contribution < 1.29 is 4.79 Å². The molecule has 1 rings (SSSR count). The number of carbonyl (C=O) groups is 1. The number of carbonyl (C=O) groups excluding carboxylic acids is 1. The molecule has 0 aliphatic carbocycles. The molecule has 1 amide bonds. The van der Waals surface area contributed by atoms with Gasteiger partial charge in [-0.1, -0.05) is 44.5 Å². The molecule has 1 aromatic rings. The van der Waals surface area contributed by atoms with E-state index < -0.39 is 0 Å². The van der Waals surface area contributed by atoms with E-state index in [9.17, 15) is 4.79 Å². The Morgan fingerprint density at radius 3 is 2.58 bits per heavy atom. The highest BCUT2D eigenvalue weighted by Crippen LogP contribution is 2.22. The summed E-state index contributed by atoms with van der Waals surface area (Å²) in [5, 5.41) is 3.71. The van der Waals surface area contributed by atoms with Gasteiger partial charge in [0.2, 0.25) is 5.91 Å². The van der Waals surface area contributed by atoms with Crippen molar-refractivity contribution in [2.24, 2.45) is 5.41 Å². The molecule has 0 saturated heterocycles. The van der Waals surface area contributed by atoms with Gasteiger partial charge in [0.05, 0.1) is 6.42 Å². The summed E-state index contributed by atoms with van der Waals surface area (Å²) >= 11 is 11.7. The van der Waals surface area contributed by atoms with E-state index in [0.29, 0.717) is 17.3 Å². The van der Waals surface area contributed by atoms with Crippen LogP contribution in [-0.4, -0.2) is 17.8 Å². The summed E-state index contributed by atoms with van der Waals surface area (Å²) in [5.74, 6) is 0.548. The van der Waals surface area contributed by atoms with Crippen LogP contribution in [0.5, 0.6) is 0 Å². The van der Waals surface area contributed by atoms with Crippen molar-refractivity contribution in [3.8, 4) is 0 Å². The first-order valence-electron chi connectivity index (χ1n) is 6.42. The first kappa shape index (κ1) is 16.3. The zero-order valence-corrected chi connectivity index (χ0v) is 13.2. The van der Waals surface area contributed by atoms with Crippen LogP contribution in [0.4, 0.5) is 0 Å². The van der Waals surface area contributed by atoms with E-state index in [1.54, 1.807) is 6.07 Å². The standard InChI is InChI=1S/C15H21Cl2NO/c1-15(2,3)13(7-8-16)18-14(19)10-11-5-4-6-12(17)9-11/h4-6,9,13H,7-8,10H2,1-3H3,(H,18,19). The Morgan fingerprint density at radius 2 is 2.05 bits per heavy atom. The monoisotopic (exact) mass is 301 g/mol. The average Bonchev–Trinajstić information content (AvgIpc) is 2.27. The molecular formula is C15H21Cl2NO. The van der Waals surface area contributed by atoms with Crippen LogP contribution in [0.2, 0.25) is 5.02 Å². The SMILES string of the molecule is CC(C)(C)C(CCCl)NC(=O)Cc1cccc(Cl)c1. The highest BCUT2D eigenvalue weighted by molar-refractivity contribution is 6.30. The molecular weight excluding hydrogens is 281 g/mol. The Labute approximate surface area is 125 Å². The van der Waals surface area contributed by atoms with E-state index in [2.05, 4.69) is 26.1 Å². The molecule has 0 saturated carbocycles. The highest BCUT2D eigenvalue weighted by atomic mass is 35.5. The van der Waals surface area contributed by atoms with Crippen molar-refractivity contribution in [1.82, 2.24) is 5.32 Å². The number of alkyl halides is 1. The van der Waals surface area contributed by atoms with Gasteiger partial charge in [0.25, 0.3) is 0 Å². The lowest BCUT2D eigenvalue weighted by Gasteiger charge is -2.31. The molecule has 0 bridgehead atoms. The number of rotatable bonds is 5. The predicted molar refractivity (Wildman–Crippen MR) is 81.9 cm³/mol. The van der Waals surface area contributed by atoms with E-state index in [-0.39, 0.29) is 17.4 Å². The van der Waals surface area contributed by atoms with Gasteiger partial charge in [-0.25, -0.2) is 0 Å². The summed E-state index contributed by atoms with van der Waals surface area (Å²) in [5.41, 5.74) is 0.919. The third-order valence-corrected chi connectivity index (χ3v) is 3.49. The van der Waals surface area contributed by atoms with Gasteiger partial charge in [-0.2, -0.15) is 0 Å². The molecule has 2 nitrogen and oxygen atoms in total. The van der Waals surface area contributed by atoms with Crippen LogP contribution in [0.25, 0.3) is 0 Å². The van der Waals surface area contributed by atoms with Crippen LogP contribution >= 0.6 is 23.2 Å². The van der Waals surface area contributed by atoms with Gasteiger partial charge >= 0.3 is 0 Å². The van der Waals surface area contributed by atoms with Crippen LogP contribution in [0.3, 0.4) is 0 Å². The Morgan fingerprint density at radius 1 is 1.37 bits per heavy atom. The quantitative estimate of drug-likeness (QED) is 0.817. The first-order chi connectivity index (χ1) is 8.82. The third kappa shape index (κ3) is 5.84. The van der Waals surface area contributed by atoms with Crippen molar-refractivity contribution in [2.75, 3.05) is 5.88 Å². The maximum absolute atomic E-state index is 12.1. The molecule has 1 unspecified atom stereocenters. The topological polar surface area (TPSA) is 29.1 Å². The molecule has 1 atom stereocenters. The molecule has 0 radical (unpaired) electrons. The Bertz CT molecular complexity index is 426. The predicted octanol–water partition coefficient (Wildman–Crippen LogP) is 4.04. The molecule has 1 aromatic carbocycles. The van der Waals surface area contributed by atoms with Crippen molar-refractivity contribution in [3.05, 3.63) is 34.9 Å². The van der Waals surface area contributed by atoms with Crippen LogP contribution in [0.1, 0.15) is 32.8 Å². The van der Waals surface area contributed by atoms with E-state index in [0.717, 1.165) is 12.0 Å². The Hall–Kier alpha value is -0.730. The van der Waals surface area contributed by atoms with Crippen molar-refractivity contribution in [1.29, 1.82) is 0 Å². The number of hydrogen-bond acceptors (Lipinski definition) is 1. The second-order valence-electron chi connectivity index (χ2n) is 5.77. The fourth-order valence-electron chi connectivity index (χ4n) is 1.91. The lowest BCUT2D eigenvalue weighted by molar-refractivity contribution is -0.121. The lowest BCUT2D eigenvalue weighted by Crippen LogP contribution is -2.44. The van der Waals surface area contributed by atoms with Crippen LogP contribution in [0, 0.1) is 5.41 Å². The third-order valence-electron chi connectivity index (χ3n) is 3.03. The first-order valence-corrected chi connectivity index (χ1v) is 7.34. The van der Waals surface area contributed by atoms with E-state index in [4.69, 9.17) is 23.2 Å². The van der Waals surface area contributed by atoms with Gasteiger partial charge in [0.15, 0.2) is 0 Å². The van der Waals surface area contributed by atoms with E-state index in [1.807, 2.05) is 18.2 Å². The molecule has 0 aliphatic heterocycles. The highest BCUT2D eigenvalue weighted by Gasteiger charge is 2.25. The van der Waals surface area contributed by atoms with Gasteiger partial charge in [0, 0.05) is 16.9 Å². The summed E-state index contributed by atoms with van der Waals surface area (Å²) in [7, 11) is 0. The minimum Gasteiger partial charge on any atom is -0.353 e. The number of amides is 1. The summed E-state index contributed by atoms with van der Waals surface area (Å²) in [6, 6.07) is 7.45. The molecule has 0 aromatic heterocycles. The second-order valence-corrected chi connectivity index (χ2v) is 6.58. The lowest BCUT2D eigenvalue weighted by atomic mass is 9.85. The van der Waals surface area contributed by atoms with Crippen LogP contribution in [-0.2, 0) is 11.2 Å². The normalized spacial score (nSPS) is 13.1. The summed E-state index contributed by atoms with van der Waals surface area (Å²) in [6.45, 7) is 6.30. The van der Waals surface area contributed by atoms with Crippen molar-refractivity contribution in [2.45, 2.75) is 39.7 Å². The van der Waals surface area contributed by atoms with Gasteiger partial charge in [-0.15, -0.1) is 11.6 Å². The minimum atomic E-state index is -0.00111. The maximum atomic E-state index is 12.1.